The van der Waals surface area contributed by atoms with E-state index in [1.807, 2.05) is 41.8 Å². The Kier molecular flexibility index (Phi) is 4.92. The van der Waals surface area contributed by atoms with Gasteiger partial charge in [-0.2, -0.15) is 5.10 Å². The van der Waals surface area contributed by atoms with E-state index in [0.717, 1.165) is 29.2 Å². The van der Waals surface area contributed by atoms with Crippen LogP contribution in [0.1, 0.15) is 45.2 Å². The standard InChI is InChI=1S/C19H24N6O2S/c1-12-10-15(22-23(12)3)17(26)20-11-14-4-6-24(7-5-14)18(27)16-13(2)21-19-25(16)8-9-28-19/h8-10,14H,4-7,11H2,1-3H3,(H,20,26). The maximum absolute atomic E-state index is 13.0. The Morgan fingerprint density at radius 1 is 1.29 bits per heavy atom. The van der Waals surface area contributed by atoms with Crippen molar-refractivity contribution in [2.45, 2.75) is 26.7 Å². The first-order valence-electron chi connectivity index (χ1n) is 9.44. The Bertz CT molecular complexity index is 1010. The van der Waals surface area contributed by atoms with E-state index in [-0.39, 0.29) is 11.8 Å². The van der Waals surface area contributed by atoms with Crippen LogP contribution in [-0.2, 0) is 7.05 Å². The zero-order valence-corrected chi connectivity index (χ0v) is 17.1. The number of aromatic nitrogens is 4. The number of rotatable bonds is 4. The molecule has 0 unspecified atom stereocenters. The second-order valence-corrected chi connectivity index (χ2v) is 8.21. The molecule has 1 aliphatic heterocycles. The first-order chi connectivity index (χ1) is 13.4. The number of likely N-dealkylation sites (tertiary alicyclic amines) is 1. The summed E-state index contributed by atoms with van der Waals surface area (Å²) in [6.07, 6.45) is 3.64. The molecule has 0 aliphatic carbocycles. The average molecular weight is 401 g/mol. The fraction of sp³-hybridized carbons (Fsp3) is 0.474. The van der Waals surface area contributed by atoms with Crippen molar-refractivity contribution < 1.29 is 9.59 Å². The third-order valence-electron chi connectivity index (χ3n) is 5.44. The van der Waals surface area contributed by atoms with Crippen molar-refractivity contribution in [3.8, 4) is 0 Å². The predicted molar refractivity (Wildman–Crippen MR) is 107 cm³/mol. The lowest BCUT2D eigenvalue weighted by Gasteiger charge is -2.32. The molecule has 28 heavy (non-hydrogen) atoms. The quantitative estimate of drug-likeness (QED) is 0.726. The molecule has 0 bridgehead atoms. The van der Waals surface area contributed by atoms with Crippen LogP contribution in [-0.4, -0.2) is 55.5 Å². The van der Waals surface area contributed by atoms with Crippen LogP contribution in [0.4, 0.5) is 0 Å². The summed E-state index contributed by atoms with van der Waals surface area (Å²) in [5.74, 6) is 0.261. The van der Waals surface area contributed by atoms with Gasteiger partial charge in [0.05, 0.1) is 5.69 Å². The third kappa shape index (κ3) is 3.42. The molecule has 9 heteroatoms. The van der Waals surface area contributed by atoms with Crippen molar-refractivity contribution in [1.82, 2.24) is 29.4 Å². The van der Waals surface area contributed by atoms with E-state index in [0.29, 0.717) is 36.9 Å². The molecule has 1 aliphatic rings. The number of imidazole rings is 1. The van der Waals surface area contributed by atoms with Crippen molar-refractivity contribution in [3.63, 3.8) is 0 Å². The van der Waals surface area contributed by atoms with Crippen LogP contribution in [0, 0.1) is 19.8 Å². The molecular formula is C19H24N6O2S. The van der Waals surface area contributed by atoms with Crippen molar-refractivity contribution in [2.75, 3.05) is 19.6 Å². The highest BCUT2D eigenvalue weighted by Crippen LogP contribution is 2.22. The zero-order chi connectivity index (χ0) is 19.8. The van der Waals surface area contributed by atoms with Gasteiger partial charge in [0.2, 0.25) is 0 Å². The van der Waals surface area contributed by atoms with Gasteiger partial charge in [-0.05, 0) is 38.7 Å². The van der Waals surface area contributed by atoms with Gasteiger partial charge in [-0.3, -0.25) is 18.7 Å². The molecule has 1 fully saturated rings. The molecule has 4 heterocycles. The number of nitrogens with zero attached hydrogens (tertiary/aromatic N) is 5. The van der Waals surface area contributed by atoms with Crippen LogP contribution >= 0.6 is 11.3 Å². The smallest absolute Gasteiger partial charge is 0.272 e. The third-order valence-corrected chi connectivity index (χ3v) is 6.20. The van der Waals surface area contributed by atoms with Gasteiger partial charge in [-0.1, -0.05) is 0 Å². The molecule has 0 aromatic carbocycles. The number of aryl methyl sites for hydroxylation is 3. The van der Waals surface area contributed by atoms with Gasteiger partial charge < -0.3 is 10.2 Å². The predicted octanol–water partition coefficient (Wildman–Crippen LogP) is 2.03. The summed E-state index contributed by atoms with van der Waals surface area (Å²) in [7, 11) is 1.82. The number of carbonyl (C=O) groups is 2. The Balaban J connectivity index is 1.32. The topological polar surface area (TPSA) is 84.5 Å². The van der Waals surface area contributed by atoms with Crippen LogP contribution in [0.2, 0.25) is 0 Å². The van der Waals surface area contributed by atoms with Crippen LogP contribution in [0.15, 0.2) is 17.6 Å². The molecule has 0 saturated carbocycles. The molecule has 0 radical (unpaired) electrons. The van der Waals surface area contributed by atoms with E-state index >= 15 is 0 Å². The second kappa shape index (κ2) is 7.38. The Morgan fingerprint density at radius 3 is 2.71 bits per heavy atom. The van der Waals surface area contributed by atoms with Gasteiger partial charge in [-0.15, -0.1) is 11.3 Å². The fourth-order valence-electron chi connectivity index (χ4n) is 3.64. The minimum absolute atomic E-state index is 0.0369. The number of thiazole rings is 1. The van der Waals surface area contributed by atoms with Gasteiger partial charge in [-0.25, -0.2) is 4.98 Å². The van der Waals surface area contributed by atoms with E-state index in [1.165, 1.54) is 11.3 Å². The number of hydrogen-bond acceptors (Lipinski definition) is 5. The Labute approximate surface area is 167 Å². The molecule has 4 rings (SSSR count). The fourth-order valence-corrected chi connectivity index (χ4v) is 4.40. The Hall–Kier alpha value is -2.68. The Morgan fingerprint density at radius 2 is 2.04 bits per heavy atom. The SMILES string of the molecule is Cc1nc2sccn2c1C(=O)N1CCC(CNC(=O)c2cc(C)n(C)n2)CC1. The molecule has 148 valence electrons. The van der Waals surface area contributed by atoms with E-state index in [4.69, 9.17) is 0 Å². The molecule has 2 amide bonds. The van der Waals surface area contributed by atoms with Crippen LogP contribution in [0.25, 0.3) is 4.96 Å². The van der Waals surface area contributed by atoms with E-state index < -0.39 is 0 Å². The summed E-state index contributed by atoms with van der Waals surface area (Å²) in [5.41, 5.74) is 2.83. The average Bonchev–Trinajstić information content (AvgIpc) is 3.34. The van der Waals surface area contributed by atoms with Crippen molar-refractivity contribution >= 4 is 28.1 Å². The molecular weight excluding hydrogens is 376 g/mol. The summed E-state index contributed by atoms with van der Waals surface area (Å²) in [5, 5.41) is 9.13. The molecule has 3 aromatic heterocycles. The molecule has 1 N–H and O–H groups in total. The summed E-state index contributed by atoms with van der Waals surface area (Å²) < 4.78 is 3.57. The van der Waals surface area contributed by atoms with Crippen LogP contribution < -0.4 is 5.32 Å². The normalized spacial score (nSPS) is 15.3. The van der Waals surface area contributed by atoms with Crippen molar-refractivity contribution in [1.29, 1.82) is 0 Å². The van der Waals surface area contributed by atoms with E-state index in [2.05, 4.69) is 15.4 Å². The highest BCUT2D eigenvalue weighted by atomic mass is 32.1. The molecule has 3 aromatic rings. The number of carbonyl (C=O) groups excluding carboxylic acids is 2. The lowest BCUT2D eigenvalue weighted by Crippen LogP contribution is -2.42. The number of fused-ring (bicyclic) bond motifs is 1. The minimum Gasteiger partial charge on any atom is -0.350 e. The highest BCUT2D eigenvalue weighted by Gasteiger charge is 2.27. The summed E-state index contributed by atoms with van der Waals surface area (Å²) in [6, 6.07) is 1.79. The second-order valence-electron chi connectivity index (χ2n) is 7.34. The number of hydrogen-bond donors (Lipinski definition) is 1. The summed E-state index contributed by atoms with van der Waals surface area (Å²) >= 11 is 1.53. The lowest BCUT2D eigenvalue weighted by atomic mass is 9.96. The first-order valence-corrected chi connectivity index (χ1v) is 10.3. The largest absolute Gasteiger partial charge is 0.350 e. The number of nitrogens with one attached hydrogen (secondary N) is 1. The van der Waals surface area contributed by atoms with Crippen molar-refractivity contribution in [3.05, 3.63) is 40.4 Å². The first kappa shape index (κ1) is 18.7. The van der Waals surface area contributed by atoms with Crippen LogP contribution in [0.3, 0.4) is 0 Å². The van der Waals surface area contributed by atoms with E-state index in [1.54, 1.807) is 10.7 Å². The van der Waals surface area contributed by atoms with Gasteiger partial charge in [0.1, 0.15) is 11.4 Å². The van der Waals surface area contributed by atoms with E-state index in [9.17, 15) is 9.59 Å². The summed E-state index contributed by atoms with van der Waals surface area (Å²) in [6.45, 7) is 5.80. The van der Waals surface area contributed by atoms with Gasteiger partial charge >= 0.3 is 0 Å². The lowest BCUT2D eigenvalue weighted by molar-refractivity contribution is 0.0676. The van der Waals surface area contributed by atoms with Gasteiger partial charge in [0, 0.05) is 44.0 Å². The van der Waals surface area contributed by atoms with Gasteiger partial charge in [0.15, 0.2) is 4.96 Å². The van der Waals surface area contributed by atoms with Crippen molar-refractivity contribution in [2.24, 2.45) is 13.0 Å². The monoisotopic (exact) mass is 400 g/mol. The number of piperidine rings is 1. The highest BCUT2D eigenvalue weighted by molar-refractivity contribution is 7.15. The minimum atomic E-state index is -0.142. The molecule has 1 saturated heterocycles. The molecule has 8 nitrogen and oxygen atoms in total. The summed E-state index contributed by atoms with van der Waals surface area (Å²) in [4.78, 5) is 32.4. The maximum atomic E-state index is 13.0. The number of amides is 2. The van der Waals surface area contributed by atoms with Crippen LogP contribution in [0.5, 0.6) is 0 Å². The maximum Gasteiger partial charge on any atom is 0.272 e. The molecule has 0 spiro atoms. The molecule has 0 atom stereocenters. The van der Waals surface area contributed by atoms with Gasteiger partial charge in [0.25, 0.3) is 11.8 Å². The zero-order valence-electron chi connectivity index (χ0n) is 16.3.